The Kier molecular flexibility index (Phi) is 9.78. The summed E-state index contributed by atoms with van der Waals surface area (Å²) in [7, 11) is 7.04. The topological polar surface area (TPSA) is 91.9 Å². The van der Waals surface area contributed by atoms with E-state index in [4.69, 9.17) is 9.47 Å². The van der Waals surface area contributed by atoms with E-state index < -0.39 is 0 Å². The molecule has 0 saturated heterocycles. The summed E-state index contributed by atoms with van der Waals surface area (Å²) in [6, 6.07) is 11.6. The number of unbranched alkanes of at least 4 members (excludes halogenated alkanes) is 1. The molecule has 8 heteroatoms. The summed E-state index contributed by atoms with van der Waals surface area (Å²) in [4.78, 5) is 26.5. The van der Waals surface area contributed by atoms with E-state index in [1.165, 1.54) is 11.1 Å². The van der Waals surface area contributed by atoms with Crippen molar-refractivity contribution in [3.05, 3.63) is 53.1 Å². The van der Waals surface area contributed by atoms with Gasteiger partial charge in [0.05, 0.1) is 14.2 Å². The van der Waals surface area contributed by atoms with E-state index in [1.807, 2.05) is 36.4 Å². The van der Waals surface area contributed by atoms with E-state index in [2.05, 4.69) is 27.9 Å². The number of ether oxygens (including phenoxy) is 2. The lowest BCUT2D eigenvalue weighted by molar-refractivity contribution is -0.124. The van der Waals surface area contributed by atoms with Crippen molar-refractivity contribution in [1.82, 2.24) is 15.5 Å². The number of likely N-dealkylation sites (N-methyl/N-ethyl adjacent to an activating group) is 1. The van der Waals surface area contributed by atoms with Gasteiger partial charge in [-0.05, 0) is 86.7 Å². The Labute approximate surface area is 208 Å². The van der Waals surface area contributed by atoms with Crippen molar-refractivity contribution < 1.29 is 19.1 Å². The third-order valence-corrected chi connectivity index (χ3v) is 6.45. The lowest BCUT2D eigenvalue weighted by Gasteiger charge is -2.17. The highest BCUT2D eigenvalue weighted by Gasteiger charge is 2.27. The first-order chi connectivity index (χ1) is 16.9. The number of amides is 3. The first-order valence-electron chi connectivity index (χ1n) is 12.2. The van der Waals surface area contributed by atoms with Crippen LogP contribution < -0.4 is 25.4 Å². The minimum Gasteiger partial charge on any atom is -0.497 e. The number of anilines is 1. The number of hydrogen-bond acceptors (Lipinski definition) is 5. The van der Waals surface area contributed by atoms with Crippen LogP contribution in [-0.2, 0) is 24.1 Å². The Morgan fingerprint density at radius 2 is 1.69 bits per heavy atom. The van der Waals surface area contributed by atoms with E-state index in [0.717, 1.165) is 61.5 Å². The molecule has 1 atom stereocenters. The SMILES string of the molecule is CNC(=O)Nc1ccc2c(c1)CC(C(=O)NCCCCN(C)CCc1cc(OC)cc(OC)c1)C2. The number of carbonyl (C=O) groups is 2. The second kappa shape index (κ2) is 13.0. The summed E-state index contributed by atoms with van der Waals surface area (Å²) in [5, 5.41) is 8.44. The zero-order valence-electron chi connectivity index (χ0n) is 21.3. The third kappa shape index (κ3) is 7.89. The van der Waals surface area contributed by atoms with Crippen LogP contribution in [0.4, 0.5) is 10.5 Å². The normalized spacial score (nSPS) is 14.4. The minimum absolute atomic E-state index is 0.0391. The van der Waals surface area contributed by atoms with Gasteiger partial charge in [-0.2, -0.15) is 0 Å². The zero-order valence-corrected chi connectivity index (χ0v) is 21.3. The largest absolute Gasteiger partial charge is 0.497 e. The highest BCUT2D eigenvalue weighted by Crippen LogP contribution is 2.29. The lowest BCUT2D eigenvalue weighted by Crippen LogP contribution is -2.32. The Balaban J connectivity index is 1.33. The summed E-state index contributed by atoms with van der Waals surface area (Å²) < 4.78 is 10.7. The van der Waals surface area contributed by atoms with Crippen molar-refractivity contribution in [2.75, 3.05) is 53.3 Å². The average Bonchev–Trinajstić information content (AvgIpc) is 3.30. The maximum atomic E-state index is 12.7. The first kappa shape index (κ1) is 26.3. The zero-order chi connectivity index (χ0) is 25.2. The van der Waals surface area contributed by atoms with Crippen molar-refractivity contribution >= 4 is 17.6 Å². The first-order valence-corrected chi connectivity index (χ1v) is 12.2. The van der Waals surface area contributed by atoms with Crippen molar-refractivity contribution in [2.45, 2.75) is 32.1 Å². The number of urea groups is 1. The molecule has 0 aromatic heterocycles. The molecule has 0 bridgehead atoms. The van der Waals surface area contributed by atoms with Crippen molar-refractivity contribution in [3.8, 4) is 11.5 Å². The summed E-state index contributed by atoms with van der Waals surface area (Å²) in [5.74, 6) is 1.69. The molecule has 3 rings (SSSR count). The predicted octanol–water partition coefficient (Wildman–Crippen LogP) is 3.24. The summed E-state index contributed by atoms with van der Waals surface area (Å²) >= 11 is 0. The second-order valence-electron chi connectivity index (χ2n) is 9.07. The monoisotopic (exact) mass is 482 g/mol. The molecule has 35 heavy (non-hydrogen) atoms. The molecular weight excluding hydrogens is 444 g/mol. The van der Waals surface area contributed by atoms with Gasteiger partial charge in [-0.25, -0.2) is 4.79 Å². The highest BCUT2D eigenvalue weighted by molar-refractivity contribution is 5.89. The van der Waals surface area contributed by atoms with Crippen LogP contribution in [0.15, 0.2) is 36.4 Å². The number of fused-ring (bicyclic) bond motifs is 1. The van der Waals surface area contributed by atoms with Crippen LogP contribution in [0.3, 0.4) is 0 Å². The standard InChI is InChI=1S/C27H38N4O4/c1-28-27(33)30-23-8-7-20-15-22(16-21(20)17-23)26(32)29-10-5-6-11-31(2)12-9-19-13-24(34-3)18-25(14-19)35-4/h7-8,13-14,17-18,22H,5-6,9-12,15-16H2,1-4H3,(H,29,32)(H2,28,30,33). The predicted molar refractivity (Wildman–Crippen MR) is 138 cm³/mol. The number of methoxy groups -OCH3 is 2. The number of carbonyl (C=O) groups excluding carboxylic acids is 2. The van der Waals surface area contributed by atoms with E-state index in [-0.39, 0.29) is 17.9 Å². The smallest absolute Gasteiger partial charge is 0.318 e. The van der Waals surface area contributed by atoms with Crippen LogP contribution in [0, 0.1) is 5.92 Å². The summed E-state index contributed by atoms with van der Waals surface area (Å²) in [5.41, 5.74) is 4.26. The molecule has 0 aliphatic heterocycles. The van der Waals surface area contributed by atoms with E-state index in [9.17, 15) is 9.59 Å². The fourth-order valence-electron chi connectivity index (χ4n) is 4.38. The molecule has 8 nitrogen and oxygen atoms in total. The number of nitrogens with one attached hydrogen (secondary N) is 3. The quantitative estimate of drug-likeness (QED) is 0.404. The van der Waals surface area contributed by atoms with Gasteiger partial charge in [-0.15, -0.1) is 0 Å². The Morgan fingerprint density at radius 1 is 0.971 bits per heavy atom. The maximum Gasteiger partial charge on any atom is 0.318 e. The third-order valence-electron chi connectivity index (χ3n) is 6.45. The van der Waals surface area contributed by atoms with Crippen molar-refractivity contribution in [2.24, 2.45) is 5.92 Å². The van der Waals surface area contributed by atoms with E-state index in [0.29, 0.717) is 13.0 Å². The van der Waals surface area contributed by atoms with Gasteiger partial charge in [-0.1, -0.05) is 6.07 Å². The van der Waals surface area contributed by atoms with Gasteiger partial charge in [0, 0.05) is 37.8 Å². The van der Waals surface area contributed by atoms with Gasteiger partial charge in [0.2, 0.25) is 5.91 Å². The van der Waals surface area contributed by atoms with Gasteiger partial charge >= 0.3 is 6.03 Å². The van der Waals surface area contributed by atoms with Crippen LogP contribution in [-0.4, -0.2) is 64.8 Å². The van der Waals surface area contributed by atoms with Crippen LogP contribution >= 0.6 is 0 Å². The lowest BCUT2D eigenvalue weighted by atomic mass is 10.1. The molecule has 3 amide bonds. The second-order valence-corrected chi connectivity index (χ2v) is 9.07. The number of hydrogen-bond donors (Lipinski definition) is 3. The molecular formula is C27H38N4O4. The number of rotatable bonds is 12. The maximum absolute atomic E-state index is 12.7. The van der Waals surface area contributed by atoms with Crippen LogP contribution in [0.1, 0.15) is 29.5 Å². The number of benzene rings is 2. The molecule has 0 spiro atoms. The highest BCUT2D eigenvalue weighted by atomic mass is 16.5. The molecule has 1 aliphatic rings. The minimum atomic E-state index is -0.247. The van der Waals surface area contributed by atoms with Crippen LogP contribution in [0.2, 0.25) is 0 Å². The molecule has 1 unspecified atom stereocenters. The fraction of sp³-hybridized carbons (Fsp3) is 0.481. The van der Waals surface area contributed by atoms with Crippen LogP contribution in [0.5, 0.6) is 11.5 Å². The van der Waals surface area contributed by atoms with Gasteiger partial charge in [0.15, 0.2) is 0 Å². The van der Waals surface area contributed by atoms with E-state index >= 15 is 0 Å². The van der Waals surface area contributed by atoms with Crippen LogP contribution in [0.25, 0.3) is 0 Å². The molecule has 2 aromatic carbocycles. The molecule has 0 fully saturated rings. The van der Waals surface area contributed by atoms with Gasteiger partial charge < -0.3 is 30.3 Å². The molecule has 0 heterocycles. The molecule has 3 N–H and O–H groups in total. The molecule has 0 saturated carbocycles. The Morgan fingerprint density at radius 3 is 2.37 bits per heavy atom. The molecule has 1 aliphatic carbocycles. The molecule has 0 radical (unpaired) electrons. The van der Waals surface area contributed by atoms with Gasteiger partial charge in [0.1, 0.15) is 11.5 Å². The summed E-state index contributed by atoms with van der Waals surface area (Å²) in [6.45, 7) is 2.61. The van der Waals surface area contributed by atoms with Crippen molar-refractivity contribution in [3.63, 3.8) is 0 Å². The Bertz CT molecular complexity index is 988. The van der Waals surface area contributed by atoms with Gasteiger partial charge in [-0.3, -0.25) is 4.79 Å². The molecule has 2 aromatic rings. The fourth-order valence-corrected chi connectivity index (χ4v) is 4.38. The molecule has 190 valence electrons. The van der Waals surface area contributed by atoms with Gasteiger partial charge in [0.25, 0.3) is 0 Å². The Hall–Kier alpha value is -3.26. The van der Waals surface area contributed by atoms with Crippen molar-refractivity contribution in [1.29, 1.82) is 0 Å². The average molecular weight is 483 g/mol. The summed E-state index contributed by atoms with van der Waals surface area (Å²) in [6.07, 6.45) is 4.35. The van der Waals surface area contributed by atoms with E-state index in [1.54, 1.807) is 21.3 Å². The number of nitrogens with zero attached hydrogens (tertiary/aromatic N) is 1.